The zero-order valence-corrected chi connectivity index (χ0v) is 33.1. The van der Waals surface area contributed by atoms with Crippen molar-refractivity contribution in [2.75, 3.05) is 50.8 Å². The van der Waals surface area contributed by atoms with Crippen molar-refractivity contribution in [2.45, 2.75) is 63.6 Å². The van der Waals surface area contributed by atoms with Crippen molar-refractivity contribution in [2.24, 2.45) is 5.92 Å². The number of likely N-dealkylation sites (tertiary alicyclic amines) is 1. The number of imide groups is 2. The number of carbonyl (C=O) groups excluding carboxylic acids is 4. The lowest BCUT2D eigenvalue weighted by atomic mass is 9.84. The molecule has 0 saturated carbocycles. The van der Waals surface area contributed by atoms with E-state index in [1.165, 1.54) is 47.1 Å². The third-order valence-electron chi connectivity index (χ3n) is 13.0. The first-order valence-corrected chi connectivity index (χ1v) is 21.0. The smallest absolute Gasteiger partial charge is 0.262 e. The van der Waals surface area contributed by atoms with Crippen LogP contribution in [0.5, 0.6) is 5.75 Å². The van der Waals surface area contributed by atoms with Gasteiger partial charge in [0.15, 0.2) is 0 Å². The number of nitrogens with one attached hydrogen (secondary N) is 1. The van der Waals surface area contributed by atoms with E-state index in [4.69, 9.17) is 4.74 Å². The lowest BCUT2D eigenvalue weighted by Crippen LogP contribution is -2.69. The number of piperazine rings is 1. The SMILES string of the molecule is CCC(=C(c1ccccc1)c1ccc(OCCN2CCC(CN3C4CC3CN(c3ccc5c(c3)C(=O)N(C3CCC(=O)NC3=O)C5=O)C4)CC2)cc1)c1ccccc1. The fraction of sp³-hybridized carbons (Fsp3) is 0.375. The van der Waals surface area contributed by atoms with Gasteiger partial charge in [-0.05, 0) is 109 Å². The van der Waals surface area contributed by atoms with Gasteiger partial charge in [-0.1, -0.05) is 79.7 Å². The van der Waals surface area contributed by atoms with E-state index in [0.29, 0.717) is 35.7 Å². The van der Waals surface area contributed by atoms with Crippen LogP contribution in [-0.4, -0.2) is 102 Å². The maximum atomic E-state index is 13.4. The van der Waals surface area contributed by atoms with Gasteiger partial charge in [0.1, 0.15) is 18.4 Å². The Hall–Kier alpha value is -5.58. The monoisotopic (exact) mass is 777 g/mol. The van der Waals surface area contributed by atoms with Crippen LogP contribution in [0.2, 0.25) is 0 Å². The number of benzene rings is 4. The molecule has 4 aromatic carbocycles. The lowest BCUT2D eigenvalue weighted by molar-refractivity contribution is -0.136. The highest BCUT2D eigenvalue weighted by atomic mass is 16.5. The number of hydrogen-bond donors (Lipinski definition) is 1. The summed E-state index contributed by atoms with van der Waals surface area (Å²) in [5.74, 6) is -0.304. The van der Waals surface area contributed by atoms with Crippen LogP contribution in [0.4, 0.5) is 5.69 Å². The zero-order chi connectivity index (χ0) is 39.8. The molecule has 5 saturated heterocycles. The normalized spacial score (nSPS) is 23.0. The van der Waals surface area contributed by atoms with E-state index in [9.17, 15) is 19.2 Å². The van der Waals surface area contributed by atoms with E-state index in [0.717, 1.165) is 62.0 Å². The van der Waals surface area contributed by atoms with Gasteiger partial charge in [-0.3, -0.25) is 39.2 Å². The van der Waals surface area contributed by atoms with Crippen molar-refractivity contribution in [3.05, 3.63) is 131 Å². The summed E-state index contributed by atoms with van der Waals surface area (Å²) in [6.07, 6.45) is 4.77. The molecule has 4 amide bonds. The largest absolute Gasteiger partial charge is 0.492 e. The van der Waals surface area contributed by atoms with Crippen LogP contribution >= 0.6 is 0 Å². The topological polar surface area (TPSA) is 102 Å². The van der Waals surface area contributed by atoms with Crippen molar-refractivity contribution in [3.63, 3.8) is 0 Å². The standard InChI is InChI=1S/C48H51N5O5/c1-2-40(33-9-5-3-6-10-33)45(34-11-7-4-8-12-34)35-13-16-39(17-14-35)58-26-25-50-23-21-32(22-24-50)29-52-37-27-38(52)31-51(30-37)36-15-18-41-42(28-36)48(57)53(47(41)56)43-19-20-44(54)49-46(43)55/h3-18,28,32,37-38,43H,2,19-27,29-31H2,1H3,(H,49,54,55). The van der Waals surface area contributed by atoms with Gasteiger partial charge in [-0.2, -0.15) is 0 Å². The molecule has 58 heavy (non-hydrogen) atoms. The summed E-state index contributed by atoms with van der Waals surface area (Å²) in [7, 11) is 0. The van der Waals surface area contributed by atoms with E-state index in [1.807, 2.05) is 12.1 Å². The summed E-state index contributed by atoms with van der Waals surface area (Å²) in [5.41, 5.74) is 7.86. The minimum absolute atomic E-state index is 0.109. The van der Waals surface area contributed by atoms with E-state index in [-0.39, 0.29) is 18.7 Å². The molecule has 10 rings (SSSR count). The molecule has 2 bridgehead atoms. The maximum Gasteiger partial charge on any atom is 0.262 e. The van der Waals surface area contributed by atoms with Gasteiger partial charge in [-0.15, -0.1) is 0 Å². The molecule has 10 heteroatoms. The summed E-state index contributed by atoms with van der Waals surface area (Å²) in [6.45, 7) is 8.90. The molecule has 0 radical (unpaired) electrons. The fourth-order valence-electron chi connectivity index (χ4n) is 9.84. The van der Waals surface area contributed by atoms with E-state index in [2.05, 4.69) is 112 Å². The molecule has 0 aliphatic carbocycles. The molecule has 3 unspecified atom stereocenters. The Kier molecular flexibility index (Phi) is 10.7. The van der Waals surface area contributed by atoms with Gasteiger partial charge in [0.2, 0.25) is 11.8 Å². The van der Waals surface area contributed by atoms with Crippen LogP contribution < -0.4 is 15.0 Å². The van der Waals surface area contributed by atoms with Gasteiger partial charge in [-0.25, -0.2) is 0 Å². The summed E-state index contributed by atoms with van der Waals surface area (Å²) >= 11 is 0. The second kappa shape index (κ2) is 16.3. The number of hydrogen-bond acceptors (Lipinski definition) is 8. The second-order valence-electron chi connectivity index (χ2n) is 16.4. The third kappa shape index (κ3) is 7.47. The molecular formula is C48H51N5O5. The molecule has 6 aliphatic rings. The molecule has 5 fully saturated rings. The number of piperidine rings is 3. The Balaban J connectivity index is 0.742. The lowest BCUT2D eigenvalue weighted by Gasteiger charge is -2.58. The molecule has 6 heterocycles. The van der Waals surface area contributed by atoms with Crippen molar-refractivity contribution in [1.82, 2.24) is 20.0 Å². The quantitative estimate of drug-likeness (QED) is 0.128. The fourth-order valence-corrected chi connectivity index (χ4v) is 9.84. The molecule has 0 aromatic heterocycles. The Bertz CT molecular complexity index is 2200. The third-order valence-corrected chi connectivity index (χ3v) is 13.0. The van der Waals surface area contributed by atoms with E-state index >= 15 is 0 Å². The zero-order valence-electron chi connectivity index (χ0n) is 33.1. The van der Waals surface area contributed by atoms with E-state index < -0.39 is 23.8 Å². The molecule has 10 nitrogen and oxygen atoms in total. The van der Waals surface area contributed by atoms with Crippen LogP contribution in [0.25, 0.3) is 11.1 Å². The predicted molar refractivity (Wildman–Crippen MR) is 224 cm³/mol. The average molecular weight is 778 g/mol. The van der Waals surface area contributed by atoms with Gasteiger partial charge in [0.05, 0.1) is 11.1 Å². The van der Waals surface area contributed by atoms with Crippen molar-refractivity contribution in [1.29, 1.82) is 0 Å². The van der Waals surface area contributed by atoms with Gasteiger partial charge >= 0.3 is 0 Å². The number of carbonyl (C=O) groups is 4. The summed E-state index contributed by atoms with van der Waals surface area (Å²) in [4.78, 5) is 59.3. The predicted octanol–water partition coefficient (Wildman–Crippen LogP) is 6.51. The number of anilines is 1. The highest BCUT2D eigenvalue weighted by molar-refractivity contribution is 6.23. The van der Waals surface area contributed by atoms with Crippen molar-refractivity contribution in [3.8, 4) is 5.75 Å². The van der Waals surface area contributed by atoms with Crippen LogP contribution in [0.15, 0.2) is 103 Å². The second-order valence-corrected chi connectivity index (χ2v) is 16.4. The number of allylic oxidation sites excluding steroid dienone is 1. The van der Waals surface area contributed by atoms with Gasteiger partial charge in [0.25, 0.3) is 11.8 Å². The molecule has 6 aliphatic heterocycles. The highest BCUT2D eigenvalue weighted by Crippen LogP contribution is 2.39. The first-order chi connectivity index (χ1) is 28.3. The first-order valence-electron chi connectivity index (χ1n) is 21.0. The Morgan fingerprint density at radius 3 is 2.07 bits per heavy atom. The Labute approximate surface area is 340 Å². The molecule has 0 spiro atoms. The minimum atomic E-state index is -0.953. The molecule has 4 aromatic rings. The summed E-state index contributed by atoms with van der Waals surface area (Å²) < 4.78 is 6.28. The van der Waals surface area contributed by atoms with Gasteiger partial charge in [0, 0.05) is 50.4 Å². The molecular weight excluding hydrogens is 727 g/mol. The van der Waals surface area contributed by atoms with Gasteiger partial charge < -0.3 is 9.64 Å². The molecule has 1 N–H and O–H groups in total. The van der Waals surface area contributed by atoms with Crippen LogP contribution in [-0.2, 0) is 9.59 Å². The van der Waals surface area contributed by atoms with Crippen LogP contribution in [0.1, 0.15) is 82.9 Å². The minimum Gasteiger partial charge on any atom is -0.492 e. The number of fused-ring (bicyclic) bond motifs is 3. The van der Waals surface area contributed by atoms with Crippen LogP contribution in [0.3, 0.4) is 0 Å². The number of amides is 4. The van der Waals surface area contributed by atoms with Crippen molar-refractivity contribution < 1.29 is 23.9 Å². The first kappa shape index (κ1) is 38.0. The Morgan fingerprint density at radius 1 is 0.741 bits per heavy atom. The summed E-state index contributed by atoms with van der Waals surface area (Å²) in [6, 6.07) is 35.4. The molecule has 298 valence electrons. The Morgan fingerprint density at radius 2 is 1.40 bits per heavy atom. The van der Waals surface area contributed by atoms with E-state index in [1.54, 1.807) is 6.07 Å². The van der Waals surface area contributed by atoms with Crippen LogP contribution in [0, 0.1) is 5.92 Å². The molecule has 3 atom stereocenters. The highest BCUT2D eigenvalue weighted by Gasteiger charge is 2.47. The number of ether oxygens (including phenoxy) is 1. The maximum absolute atomic E-state index is 13.4. The average Bonchev–Trinajstić information content (AvgIpc) is 3.51. The van der Waals surface area contributed by atoms with Crippen molar-refractivity contribution >= 4 is 40.5 Å². The number of nitrogens with zero attached hydrogens (tertiary/aromatic N) is 4. The number of rotatable bonds is 12. The summed E-state index contributed by atoms with van der Waals surface area (Å²) in [5, 5.41) is 2.27.